The first kappa shape index (κ1) is 18.6. The van der Waals surface area contributed by atoms with Crippen molar-refractivity contribution in [1.29, 1.82) is 0 Å². The average Bonchev–Trinajstić information content (AvgIpc) is 3.19. The molecule has 1 fully saturated rings. The van der Waals surface area contributed by atoms with Crippen LogP contribution in [0.15, 0.2) is 59.1 Å². The fourth-order valence-corrected chi connectivity index (χ4v) is 3.30. The van der Waals surface area contributed by atoms with Crippen LogP contribution in [0.3, 0.4) is 0 Å². The van der Waals surface area contributed by atoms with Gasteiger partial charge in [-0.15, -0.1) is 12.4 Å². The average molecular weight is 372 g/mol. The fraction of sp³-hybridized carbons (Fsp3) is 0.300. The summed E-state index contributed by atoms with van der Waals surface area (Å²) >= 11 is 0. The van der Waals surface area contributed by atoms with Crippen molar-refractivity contribution < 1.29 is 9.26 Å². The first-order valence-corrected chi connectivity index (χ1v) is 8.64. The minimum absolute atomic E-state index is 0. The molecule has 1 aliphatic heterocycles. The van der Waals surface area contributed by atoms with Crippen LogP contribution in [-0.2, 0) is 11.3 Å². The zero-order chi connectivity index (χ0) is 17.1. The molecule has 2 N–H and O–H groups in total. The highest BCUT2D eigenvalue weighted by molar-refractivity contribution is 5.85. The van der Waals surface area contributed by atoms with Gasteiger partial charge in [-0.1, -0.05) is 59.8 Å². The third-order valence-corrected chi connectivity index (χ3v) is 4.66. The van der Waals surface area contributed by atoms with E-state index in [4.69, 9.17) is 15.0 Å². The Balaban J connectivity index is 0.00000196. The van der Waals surface area contributed by atoms with Crippen LogP contribution in [0.25, 0.3) is 11.4 Å². The van der Waals surface area contributed by atoms with Crippen molar-refractivity contribution in [2.75, 3.05) is 6.61 Å². The normalized spacial score (nSPS) is 19.7. The topological polar surface area (TPSA) is 74.2 Å². The molecule has 0 radical (unpaired) electrons. The van der Waals surface area contributed by atoms with E-state index in [1.54, 1.807) is 0 Å². The number of nitrogens with zero attached hydrogens (tertiary/aromatic N) is 2. The molecule has 2 atom stereocenters. The monoisotopic (exact) mass is 371 g/mol. The summed E-state index contributed by atoms with van der Waals surface area (Å²) in [6.45, 7) is 1.29. The Hall–Kier alpha value is -2.21. The summed E-state index contributed by atoms with van der Waals surface area (Å²) < 4.78 is 11.6. The molecule has 26 heavy (non-hydrogen) atoms. The van der Waals surface area contributed by atoms with Gasteiger partial charge in [0.25, 0.3) is 0 Å². The van der Waals surface area contributed by atoms with Crippen molar-refractivity contribution in [1.82, 2.24) is 10.1 Å². The number of benzene rings is 2. The van der Waals surface area contributed by atoms with Gasteiger partial charge >= 0.3 is 0 Å². The van der Waals surface area contributed by atoms with E-state index in [2.05, 4.69) is 22.3 Å². The minimum atomic E-state index is -0.0390. The third kappa shape index (κ3) is 3.80. The molecular formula is C20H22ClN3O2. The van der Waals surface area contributed by atoms with Crippen molar-refractivity contribution in [2.24, 2.45) is 5.73 Å². The van der Waals surface area contributed by atoms with Crippen LogP contribution in [0.1, 0.15) is 41.9 Å². The maximum absolute atomic E-state index is 6.03. The van der Waals surface area contributed by atoms with Crippen LogP contribution >= 0.6 is 12.4 Å². The van der Waals surface area contributed by atoms with Gasteiger partial charge in [0, 0.05) is 18.7 Å². The number of aromatic nitrogens is 2. The van der Waals surface area contributed by atoms with E-state index in [0.717, 1.165) is 36.1 Å². The highest BCUT2D eigenvalue weighted by atomic mass is 35.5. The van der Waals surface area contributed by atoms with Crippen LogP contribution < -0.4 is 5.73 Å². The zero-order valence-corrected chi connectivity index (χ0v) is 15.2. The molecule has 1 saturated heterocycles. The van der Waals surface area contributed by atoms with Gasteiger partial charge in [0.05, 0.1) is 12.0 Å². The molecule has 1 aromatic heterocycles. The highest BCUT2D eigenvalue weighted by Crippen LogP contribution is 2.40. The van der Waals surface area contributed by atoms with E-state index in [-0.39, 0.29) is 24.4 Å². The lowest BCUT2D eigenvalue weighted by Crippen LogP contribution is -2.21. The van der Waals surface area contributed by atoms with Crippen LogP contribution in [-0.4, -0.2) is 16.7 Å². The molecule has 1 aliphatic rings. The molecule has 3 aromatic rings. The molecule has 5 nitrogen and oxygen atoms in total. The summed E-state index contributed by atoms with van der Waals surface area (Å²) in [5.74, 6) is 1.34. The van der Waals surface area contributed by atoms with Gasteiger partial charge in [0.1, 0.15) is 0 Å². The number of ether oxygens (including phenoxy) is 1. The van der Waals surface area contributed by atoms with Gasteiger partial charge in [-0.3, -0.25) is 0 Å². The standard InChI is InChI=1S/C20H21N3O2.ClH/c21-13-14-8-10-16(11-9-14)19-22-20(25-23-19)17-7-4-12-24-18(17)15-5-2-1-3-6-15;/h1-3,5-6,8-11,17-18H,4,7,12-13,21H2;1H. The summed E-state index contributed by atoms with van der Waals surface area (Å²) in [4.78, 5) is 4.65. The van der Waals surface area contributed by atoms with Crippen molar-refractivity contribution in [3.05, 3.63) is 71.6 Å². The number of nitrogens with two attached hydrogens (primary N) is 1. The van der Waals surface area contributed by atoms with Gasteiger partial charge in [-0.25, -0.2) is 0 Å². The lowest BCUT2D eigenvalue weighted by atomic mass is 9.89. The predicted molar refractivity (Wildman–Crippen MR) is 102 cm³/mol. The van der Waals surface area contributed by atoms with Gasteiger partial charge in [-0.2, -0.15) is 4.98 Å². The predicted octanol–water partition coefficient (Wildman–Crippen LogP) is 4.25. The quantitative estimate of drug-likeness (QED) is 0.742. The van der Waals surface area contributed by atoms with Gasteiger partial charge in [0.15, 0.2) is 0 Å². The Labute approximate surface area is 159 Å². The lowest BCUT2D eigenvalue weighted by molar-refractivity contribution is -0.0103. The number of hydrogen-bond acceptors (Lipinski definition) is 5. The van der Waals surface area contributed by atoms with E-state index < -0.39 is 0 Å². The summed E-state index contributed by atoms with van der Waals surface area (Å²) in [6, 6.07) is 18.2. The summed E-state index contributed by atoms with van der Waals surface area (Å²) in [5.41, 5.74) is 8.81. The van der Waals surface area contributed by atoms with Crippen molar-refractivity contribution in [2.45, 2.75) is 31.4 Å². The molecule has 0 aliphatic carbocycles. The molecular weight excluding hydrogens is 350 g/mol. The second-order valence-electron chi connectivity index (χ2n) is 6.31. The second-order valence-corrected chi connectivity index (χ2v) is 6.31. The smallest absolute Gasteiger partial charge is 0.233 e. The van der Waals surface area contributed by atoms with Crippen molar-refractivity contribution in [3.63, 3.8) is 0 Å². The van der Waals surface area contributed by atoms with E-state index in [9.17, 15) is 0 Å². The molecule has 2 unspecified atom stereocenters. The molecule has 0 saturated carbocycles. The van der Waals surface area contributed by atoms with Crippen LogP contribution in [0, 0.1) is 0 Å². The first-order valence-electron chi connectivity index (χ1n) is 8.64. The Morgan fingerprint density at radius 1 is 1.04 bits per heavy atom. The number of halogens is 1. The molecule has 136 valence electrons. The van der Waals surface area contributed by atoms with Crippen molar-refractivity contribution >= 4 is 12.4 Å². The Morgan fingerprint density at radius 2 is 1.81 bits per heavy atom. The summed E-state index contributed by atoms with van der Waals surface area (Å²) in [6.07, 6.45) is 1.94. The van der Waals surface area contributed by atoms with E-state index in [1.807, 2.05) is 42.5 Å². The lowest BCUT2D eigenvalue weighted by Gasteiger charge is -2.29. The molecule has 2 heterocycles. The number of hydrogen-bond donors (Lipinski definition) is 1. The first-order chi connectivity index (χ1) is 12.3. The van der Waals surface area contributed by atoms with Gasteiger partial charge < -0.3 is 15.0 Å². The second kappa shape index (κ2) is 8.45. The van der Waals surface area contributed by atoms with Gasteiger partial charge in [-0.05, 0) is 24.0 Å². The molecule has 6 heteroatoms. The fourth-order valence-electron chi connectivity index (χ4n) is 3.30. The van der Waals surface area contributed by atoms with Gasteiger partial charge in [0.2, 0.25) is 11.7 Å². The van der Waals surface area contributed by atoms with Crippen molar-refractivity contribution in [3.8, 4) is 11.4 Å². The molecule has 4 rings (SSSR count). The Kier molecular flexibility index (Phi) is 6.04. The molecule has 2 aromatic carbocycles. The highest BCUT2D eigenvalue weighted by Gasteiger charge is 2.33. The van der Waals surface area contributed by atoms with E-state index in [1.165, 1.54) is 0 Å². The Morgan fingerprint density at radius 3 is 2.54 bits per heavy atom. The summed E-state index contributed by atoms with van der Waals surface area (Å²) in [5, 5.41) is 4.17. The van der Waals surface area contributed by atoms with Crippen LogP contribution in [0.2, 0.25) is 0 Å². The summed E-state index contributed by atoms with van der Waals surface area (Å²) in [7, 11) is 0. The number of rotatable bonds is 4. The maximum Gasteiger partial charge on any atom is 0.233 e. The minimum Gasteiger partial charge on any atom is -0.373 e. The third-order valence-electron chi connectivity index (χ3n) is 4.66. The molecule has 0 bridgehead atoms. The molecule has 0 spiro atoms. The zero-order valence-electron chi connectivity index (χ0n) is 14.4. The molecule has 0 amide bonds. The largest absolute Gasteiger partial charge is 0.373 e. The maximum atomic E-state index is 6.03. The van der Waals surface area contributed by atoms with E-state index >= 15 is 0 Å². The van der Waals surface area contributed by atoms with Crippen LogP contribution in [0.5, 0.6) is 0 Å². The van der Waals surface area contributed by atoms with Crippen LogP contribution in [0.4, 0.5) is 0 Å². The Bertz CT molecular complexity index is 821. The van der Waals surface area contributed by atoms with E-state index in [0.29, 0.717) is 18.3 Å². The SMILES string of the molecule is Cl.NCc1ccc(-c2noc(C3CCCOC3c3ccccc3)n2)cc1.